The van der Waals surface area contributed by atoms with Crippen molar-refractivity contribution in [2.45, 2.75) is 13.3 Å². The Hall–Kier alpha value is -3.66. The quantitative estimate of drug-likeness (QED) is 0.287. The maximum absolute atomic E-state index is 8.91. The molecule has 10 heteroatoms. The standard InChI is InChI=1S/C26H26ClN5O4/c1-17-15-35-26(30-17)18-3-2-4-20(13-18)36-23-6-5-19(14-21(23)27)31-25-24-22(28-16-29-25)7-8-32(24)9-11-34-12-10-33/h2-6,13-16,33H,7-12H2,1H3,(H,28,29,31). The third-order valence-electron chi connectivity index (χ3n) is 5.70. The summed E-state index contributed by atoms with van der Waals surface area (Å²) < 4.78 is 17.0. The zero-order valence-electron chi connectivity index (χ0n) is 19.8. The highest BCUT2D eigenvalue weighted by atomic mass is 35.5. The molecule has 0 amide bonds. The smallest absolute Gasteiger partial charge is 0.226 e. The number of hydrogen-bond acceptors (Lipinski definition) is 9. The summed E-state index contributed by atoms with van der Waals surface area (Å²) in [7, 11) is 0. The fraction of sp³-hybridized carbons (Fsp3) is 0.269. The van der Waals surface area contributed by atoms with Gasteiger partial charge < -0.3 is 29.2 Å². The first kappa shape index (κ1) is 24.1. The van der Waals surface area contributed by atoms with E-state index < -0.39 is 0 Å². The molecule has 0 spiro atoms. The number of halogens is 1. The maximum Gasteiger partial charge on any atom is 0.226 e. The molecule has 4 aromatic rings. The molecule has 0 saturated carbocycles. The van der Waals surface area contributed by atoms with E-state index in [0.717, 1.165) is 41.3 Å². The minimum atomic E-state index is 0.0132. The van der Waals surface area contributed by atoms with Gasteiger partial charge in [0.1, 0.15) is 29.8 Å². The molecule has 0 atom stereocenters. The Kier molecular flexibility index (Phi) is 7.31. The monoisotopic (exact) mass is 507 g/mol. The Morgan fingerprint density at radius 1 is 1.17 bits per heavy atom. The Labute approximate surface area is 213 Å². The number of ether oxygens (including phenoxy) is 2. The number of aliphatic hydroxyl groups is 1. The average Bonchev–Trinajstić information content (AvgIpc) is 3.51. The van der Waals surface area contributed by atoms with Crippen molar-refractivity contribution in [1.82, 2.24) is 15.0 Å². The van der Waals surface area contributed by atoms with Crippen LogP contribution in [0.25, 0.3) is 11.5 Å². The molecule has 1 aliphatic rings. The summed E-state index contributed by atoms with van der Waals surface area (Å²) in [6, 6.07) is 13.0. The normalized spacial score (nSPS) is 12.6. The molecule has 2 aromatic carbocycles. The second-order valence-corrected chi connectivity index (χ2v) is 8.69. The number of hydrogen-bond donors (Lipinski definition) is 2. The van der Waals surface area contributed by atoms with E-state index in [9.17, 15) is 0 Å². The van der Waals surface area contributed by atoms with Gasteiger partial charge in [0, 0.05) is 30.8 Å². The highest BCUT2D eigenvalue weighted by Gasteiger charge is 2.24. The van der Waals surface area contributed by atoms with Crippen LogP contribution < -0.4 is 15.0 Å². The van der Waals surface area contributed by atoms with Crippen molar-refractivity contribution >= 4 is 28.8 Å². The van der Waals surface area contributed by atoms with Crippen LogP contribution in [-0.4, -0.2) is 53.0 Å². The van der Waals surface area contributed by atoms with Crippen LogP contribution in [0, 0.1) is 6.92 Å². The summed E-state index contributed by atoms with van der Waals surface area (Å²) in [5.41, 5.74) is 4.36. The minimum Gasteiger partial charge on any atom is -0.456 e. The molecule has 186 valence electrons. The molecule has 0 radical (unpaired) electrons. The maximum atomic E-state index is 8.91. The first-order chi connectivity index (χ1) is 17.6. The molecule has 1 aliphatic heterocycles. The van der Waals surface area contributed by atoms with Gasteiger partial charge in [0.25, 0.3) is 0 Å². The summed E-state index contributed by atoms with van der Waals surface area (Å²) in [6.45, 7) is 4.26. The summed E-state index contributed by atoms with van der Waals surface area (Å²) in [4.78, 5) is 15.5. The largest absolute Gasteiger partial charge is 0.456 e. The minimum absolute atomic E-state index is 0.0132. The Morgan fingerprint density at radius 2 is 2.08 bits per heavy atom. The first-order valence-corrected chi connectivity index (χ1v) is 12.0. The molecule has 9 nitrogen and oxygen atoms in total. The van der Waals surface area contributed by atoms with Gasteiger partial charge in [0.05, 0.1) is 36.2 Å². The van der Waals surface area contributed by atoms with Crippen LogP contribution in [0.5, 0.6) is 11.5 Å². The zero-order chi connectivity index (χ0) is 24.9. The Balaban J connectivity index is 1.30. The molecule has 0 unspecified atom stereocenters. The van der Waals surface area contributed by atoms with Gasteiger partial charge in [-0.25, -0.2) is 15.0 Å². The van der Waals surface area contributed by atoms with Crippen LogP contribution in [0.15, 0.2) is 59.5 Å². The number of nitrogens with one attached hydrogen (secondary N) is 1. The van der Waals surface area contributed by atoms with Crippen molar-refractivity contribution in [2.24, 2.45) is 0 Å². The third-order valence-corrected chi connectivity index (χ3v) is 5.99. The molecule has 0 bridgehead atoms. The van der Waals surface area contributed by atoms with Gasteiger partial charge in [-0.15, -0.1) is 0 Å². The molecule has 36 heavy (non-hydrogen) atoms. The predicted octanol–water partition coefficient (Wildman–Crippen LogP) is 5.00. The summed E-state index contributed by atoms with van der Waals surface area (Å²) >= 11 is 6.57. The van der Waals surface area contributed by atoms with Crippen LogP contribution in [0.1, 0.15) is 11.4 Å². The Morgan fingerprint density at radius 3 is 2.89 bits per heavy atom. The molecule has 2 aromatic heterocycles. The van der Waals surface area contributed by atoms with Crippen molar-refractivity contribution in [3.8, 4) is 23.0 Å². The fourth-order valence-corrected chi connectivity index (χ4v) is 4.26. The van der Waals surface area contributed by atoms with Gasteiger partial charge in [-0.1, -0.05) is 17.7 Å². The van der Waals surface area contributed by atoms with Crippen molar-refractivity contribution in [2.75, 3.05) is 43.1 Å². The second kappa shape index (κ2) is 10.9. The highest BCUT2D eigenvalue weighted by molar-refractivity contribution is 6.32. The van der Waals surface area contributed by atoms with E-state index in [4.69, 9.17) is 30.6 Å². The van der Waals surface area contributed by atoms with E-state index in [0.29, 0.717) is 48.0 Å². The van der Waals surface area contributed by atoms with Gasteiger partial charge >= 0.3 is 0 Å². The van der Waals surface area contributed by atoms with Crippen LogP contribution in [0.2, 0.25) is 5.02 Å². The molecule has 5 rings (SSSR count). The number of benzene rings is 2. The highest BCUT2D eigenvalue weighted by Crippen LogP contribution is 2.37. The first-order valence-electron chi connectivity index (χ1n) is 11.6. The molecule has 0 aliphatic carbocycles. The van der Waals surface area contributed by atoms with Gasteiger partial charge in [-0.2, -0.15) is 0 Å². The summed E-state index contributed by atoms with van der Waals surface area (Å²) in [5.74, 6) is 2.39. The lowest BCUT2D eigenvalue weighted by Crippen LogP contribution is -2.26. The lowest BCUT2D eigenvalue weighted by Gasteiger charge is -2.21. The fourth-order valence-electron chi connectivity index (χ4n) is 4.04. The molecule has 0 saturated heterocycles. The molecular weight excluding hydrogens is 482 g/mol. The number of fused-ring (bicyclic) bond motifs is 1. The number of nitrogens with zero attached hydrogens (tertiary/aromatic N) is 4. The SMILES string of the molecule is Cc1coc(-c2cccc(Oc3ccc(Nc4ncnc5c4N(CCOCCO)CC5)cc3Cl)c2)n1. The van der Waals surface area contributed by atoms with Crippen LogP contribution in [-0.2, 0) is 11.2 Å². The zero-order valence-corrected chi connectivity index (χ0v) is 20.5. The van der Waals surface area contributed by atoms with Crippen molar-refractivity contribution in [3.63, 3.8) is 0 Å². The summed E-state index contributed by atoms with van der Waals surface area (Å²) in [5, 5.41) is 12.7. The number of rotatable bonds is 10. The van der Waals surface area contributed by atoms with Crippen molar-refractivity contribution < 1.29 is 19.0 Å². The molecule has 0 fully saturated rings. The van der Waals surface area contributed by atoms with E-state index in [1.54, 1.807) is 18.7 Å². The summed E-state index contributed by atoms with van der Waals surface area (Å²) in [6.07, 6.45) is 4.02. The average molecular weight is 508 g/mol. The van der Waals surface area contributed by atoms with E-state index in [-0.39, 0.29) is 6.61 Å². The van der Waals surface area contributed by atoms with Crippen LogP contribution in [0.3, 0.4) is 0 Å². The predicted molar refractivity (Wildman–Crippen MR) is 137 cm³/mol. The lowest BCUT2D eigenvalue weighted by molar-refractivity contribution is 0.0968. The number of aromatic nitrogens is 3. The van der Waals surface area contributed by atoms with Gasteiger partial charge in [-0.3, -0.25) is 0 Å². The van der Waals surface area contributed by atoms with Crippen LogP contribution >= 0.6 is 11.6 Å². The van der Waals surface area contributed by atoms with E-state index in [1.165, 1.54) is 0 Å². The lowest BCUT2D eigenvalue weighted by atomic mass is 10.2. The van der Waals surface area contributed by atoms with Gasteiger partial charge in [-0.05, 0) is 43.3 Å². The third kappa shape index (κ3) is 5.43. The van der Waals surface area contributed by atoms with Gasteiger partial charge in [0.2, 0.25) is 5.89 Å². The van der Waals surface area contributed by atoms with Crippen LogP contribution in [0.4, 0.5) is 17.2 Å². The number of aryl methyl sites for hydroxylation is 1. The number of aliphatic hydroxyl groups excluding tert-OH is 1. The Bertz CT molecular complexity index is 1350. The van der Waals surface area contributed by atoms with E-state index >= 15 is 0 Å². The van der Waals surface area contributed by atoms with E-state index in [2.05, 4.69) is 25.2 Å². The van der Waals surface area contributed by atoms with E-state index in [1.807, 2.05) is 43.3 Å². The number of oxazole rings is 1. The molecular formula is C26H26ClN5O4. The van der Waals surface area contributed by atoms with Gasteiger partial charge in [0.15, 0.2) is 5.82 Å². The van der Waals surface area contributed by atoms with Crippen molar-refractivity contribution in [1.29, 1.82) is 0 Å². The molecule has 3 heterocycles. The molecule has 2 N–H and O–H groups in total. The number of anilines is 3. The topological polar surface area (TPSA) is 106 Å². The second-order valence-electron chi connectivity index (χ2n) is 8.28. The van der Waals surface area contributed by atoms with Crippen molar-refractivity contribution in [3.05, 3.63) is 71.5 Å².